The minimum atomic E-state index is 0. The molecular weight excluding hydrogens is 424 g/mol. The molecule has 28 heavy (non-hydrogen) atoms. The molecular formula is C21H35BrN2O4. The van der Waals surface area contributed by atoms with Gasteiger partial charge in [0.1, 0.15) is 24.6 Å². The molecule has 0 unspecified atom stereocenters. The van der Waals surface area contributed by atoms with E-state index in [1.165, 1.54) is 0 Å². The second-order valence-corrected chi connectivity index (χ2v) is 7.45. The molecule has 1 aliphatic heterocycles. The number of amides is 1. The summed E-state index contributed by atoms with van der Waals surface area (Å²) in [5.41, 5.74) is 0. The van der Waals surface area contributed by atoms with Gasteiger partial charge < -0.3 is 40.6 Å². The van der Waals surface area contributed by atoms with Gasteiger partial charge in [0.2, 0.25) is 0 Å². The molecule has 0 bridgehead atoms. The molecule has 0 spiro atoms. The largest absolute Gasteiger partial charge is 1.00 e. The van der Waals surface area contributed by atoms with Gasteiger partial charge >= 0.3 is 0 Å². The molecule has 0 saturated carbocycles. The van der Waals surface area contributed by atoms with E-state index in [0.717, 1.165) is 74.7 Å². The minimum Gasteiger partial charge on any atom is -1.00 e. The van der Waals surface area contributed by atoms with Crippen molar-refractivity contribution in [3.63, 3.8) is 0 Å². The van der Waals surface area contributed by atoms with E-state index in [0.29, 0.717) is 13.2 Å². The van der Waals surface area contributed by atoms with E-state index in [1.54, 1.807) is 4.90 Å². The fraction of sp³-hybridized carbons (Fsp3) is 0.667. The van der Waals surface area contributed by atoms with Crippen LogP contribution in [0.4, 0.5) is 0 Å². The molecule has 6 nitrogen and oxygen atoms in total. The van der Waals surface area contributed by atoms with Crippen molar-refractivity contribution in [2.45, 2.75) is 26.2 Å². The van der Waals surface area contributed by atoms with Crippen LogP contribution < -0.4 is 26.5 Å². The van der Waals surface area contributed by atoms with Crippen molar-refractivity contribution in [3.8, 4) is 11.5 Å². The number of halogens is 1. The molecule has 0 aliphatic carbocycles. The van der Waals surface area contributed by atoms with E-state index < -0.39 is 0 Å². The number of unbranched alkanes of at least 4 members (excludes halogenated alkanes) is 1. The topological polar surface area (TPSA) is 48.0 Å². The van der Waals surface area contributed by atoms with Crippen molar-refractivity contribution in [1.82, 2.24) is 4.90 Å². The highest BCUT2D eigenvalue weighted by atomic mass is 79.9. The Morgan fingerprint density at radius 2 is 1.57 bits per heavy atom. The Kier molecular flexibility index (Phi) is 11.5. The van der Waals surface area contributed by atoms with Gasteiger partial charge in [0.25, 0.3) is 5.91 Å². The monoisotopic (exact) mass is 458 g/mol. The SMILES string of the molecule is CCCCOc1ccc(OCCC[N+]2(CC(=O)N(C)C)CCOCC2)cc1.[Br-]. The summed E-state index contributed by atoms with van der Waals surface area (Å²) in [5, 5.41) is 0. The summed E-state index contributed by atoms with van der Waals surface area (Å²) in [6, 6.07) is 7.82. The van der Waals surface area contributed by atoms with Crippen LogP contribution in [0.15, 0.2) is 24.3 Å². The lowest BCUT2D eigenvalue weighted by Crippen LogP contribution is -3.00. The number of carbonyl (C=O) groups excluding carboxylic acids is 1. The molecule has 0 aromatic heterocycles. The number of hydrogen-bond acceptors (Lipinski definition) is 4. The van der Waals surface area contributed by atoms with E-state index >= 15 is 0 Å². The van der Waals surface area contributed by atoms with Gasteiger partial charge in [0.05, 0.1) is 33.0 Å². The first-order valence-electron chi connectivity index (χ1n) is 10.0. The zero-order chi connectivity index (χ0) is 19.5. The number of hydrogen-bond donors (Lipinski definition) is 0. The number of carbonyl (C=O) groups is 1. The number of rotatable bonds is 11. The second-order valence-electron chi connectivity index (χ2n) is 7.45. The molecule has 1 aromatic carbocycles. The molecule has 1 fully saturated rings. The Morgan fingerprint density at radius 1 is 1.04 bits per heavy atom. The lowest BCUT2D eigenvalue weighted by atomic mass is 10.2. The molecule has 7 heteroatoms. The number of benzene rings is 1. The van der Waals surface area contributed by atoms with E-state index in [9.17, 15) is 4.79 Å². The Balaban J connectivity index is 0.00000392. The van der Waals surface area contributed by atoms with Crippen molar-refractivity contribution in [1.29, 1.82) is 0 Å². The van der Waals surface area contributed by atoms with Crippen LogP contribution in [0.25, 0.3) is 0 Å². The Bertz CT molecular complexity index is 560. The first kappa shape index (κ1) is 24.7. The second kappa shape index (κ2) is 13.0. The van der Waals surface area contributed by atoms with Crippen LogP contribution in [-0.2, 0) is 9.53 Å². The number of likely N-dealkylation sites (N-methyl/N-ethyl adjacent to an activating group) is 1. The normalized spacial score (nSPS) is 15.4. The average Bonchev–Trinajstić information content (AvgIpc) is 2.67. The number of nitrogens with zero attached hydrogens (tertiary/aromatic N) is 2. The third-order valence-electron chi connectivity index (χ3n) is 5.03. The van der Waals surface area contributed by atoms with Gasteiger partial charge in [-0.1, -0.05) is 13.3 Å². The van der Waals surface area contributed by atoms with Gasteiger partial charge in [-0.05, 0) is 30.7 Å². The standard InChI is InChI=1S/C21H35N2O4.BrH/c1-4-5-14-26-19-7-9-20(10-8-19)27-15-6-11-23(12-16-25-17-13-23)18-21(24)22(2)3;/h7-10H,4-6,11-18H2,1-3H3;1H/q+1;/p-1. The first-order chi connectivity index (χ1) is 13.0. The fourth-order valence-corrected chi connectivity index (χ4v) is 3.18. The third kappa shape index (κ3) is 8.37. The van der Waals surface area contributed by atoms with Crippen LogP contribution in [0, 0.1) is 0 Å². The summed E-state index contributed by atoms with van der Waals surface area (Å²) in [5.74, 6) is 1.92. The molecule has 1 aromatic rings. The summed E-state index contributed by atoms with van der Waals surface area (Å²) in [6.45, 7) is 8.26. The smallest absolute Gasteiger partial charge is 0.277 e. The predicted octanol–water partition coefficient (Wildman–Crippen LogP) is -0.426. The van der Waals surface area contributed by atoms with Crippen molar-refractivity contribution < 1.29 is 40.5 Å². The molecule has 1 saturated heterocycles. The highest BCUT2D eigenvalue weighted by Gasteiger charge is 2.33. The van der Waals surface area contributed by atoms with Crippen molar-refractivity contribution in [2.24, 2.45) is 0 Å². The van der Waals surface area contributed by atoms with E-state index in [1.807, 2.05) is 38.4 Å². The zero-order valence-electron chi connectivity index (χ0n) is 17.5. The predicted molar refractivity (Wildman–Crippen MR) is 106 cm³/mol. The molecule has 2 rings (SSSR count). The maximum absolute atomic E-state index is 12.2. The summed E-state index contributed by atoms with van der Waals surface area (Å²) < 4.78 is 17.9. The molecule has 0 N–H and O–H groups in total. The number of morpholine rings is 1. The molecule has 0 radical (unpaired) electrons. The third-order valence-corrected chi connectivity index (χ3v) is 5.03. The van der Waals surface area contributed by atoms with Crippen LogP contribution in [0.2, 0.25) is 0 Å². The van der Waals surface area contributed by atoms with Gasteiger partial charge in [-0.15, -0.1) is 0 Å². The summed E-state index contributed by atoms with van der Waals surface area (Å²) in [6.07, 6.45) is 3.11. The van der Waals surface area contributed by atoms with Gasteiger partial charge in [-0.25, -0.2) is 0 Å². The van der Waals surface area contributed by atoms with Gasteiger partial charge in [-0.3, -0.25) is 4.79 Å². The van der Waals surface area contributed by atoms with E-state index in [-0.39, 0.29) is 22.9 Å². The number of ether oxygens (including phenoxy) is 3. The van der Waals surface area contributed by atoms with Gasteiger partial charge in [0, 0.05) is 20.5 Å². The Labute approximate surface area is 180 Å². The molecule has 1 heterocycles. The zero-order valence-corrected chi connectivity index (χ0v) is 19.1. The summed E-state index contributed by atoms with van der Waals surface area (Å²) >= 11 is 0. The quantitative estimate of drug-likeness (QED) is 0.333. The van der Waals surface area contributed by atoms with Crippen LogP contribution >= 0.6 is 0 Å². The van der Waals surface area contributed by atoms with Crippen LogP contribution in [0.3, 0.4) is 0 Å². The van der Waals surface area contributed by atoms with Gasteiger partial charge in [-0.2, -0.15) is 0 Å². The maximum Gasteiger partial charge on any atom is 0.277 e. The lowest BCUT2D eigenvalue weighted by Gasteiger charge is -2.41. The molecule has 1 aliphatic rings. The van der Waals surface area contributed by atoms with Crippen molar-refractivity contribution >= 4 is 5.91 Å². The van der Waals surface area contributed by atoms with Crippen LogP contribution in [0.1, 0.15) is 26.2 Å². The molecule has 160 valence electrons. The highest BCUT2D eigenvalue weighted by molar-refractivity contribution is 5.76. The fourth-order valence-electron chi connectivity index (χ4n) is 3.18. The maximum atomic E-state index is 12.2. The van der Waals surface area contributed by atoms with E-state index in [4.69, 9.17) is 14.2 Å². The lowest BCUT2D eigenvalue weighted by molar-refractivity contribution is -0.928. The molecule has 0 atom stereocenters. The van der Waals surface area contributed by atoms with E-state index in [2.05, 4.69) is 6.92 Å². The van der Waals surface area contributed by atoms with Gasteiger partial charge in [0.15, 0.2) is 6.54 Å². The Morgan fingerprint density at radius 3 is 2.07 bits per heavy atom. The van der Waals surface area contributed by atoms with Crippen LogP contribution in [0.5, 0.6) is 11.5 Å². The number of quaternary nitrogens is 1. The summed E-state index contributed by atoms with van der Waals surface area (Å²) in [7, 11) is 3.63. The Hall–Kier alpha value is -1.31. The average molecular weight is 459 g/mol. The highest BCUT2D eigenvalue weighted by Crippen LogP contribution is 2.19. The minimum absolute atomic E-state index is 0. The summed E-state index contributed by atoms with van der Waals surface area (Å²) in [4.78, 5) is 13.9. The first-order valence-corrected chi connectivity index (χ1v) is 10.0. The van der Waals surface area contributed by atoms with Crippen molar-refractivity contribution in [3.05, 3.63) is 24.3 Å². The van der Waals surface area contributed by atoms with Crippen LogP contribution in [-0.4, -0.2) is 82.0 Å². The molecule has 1 amide bonds. The van der Waals surface area contributed by atoms with Crippen molar-refractivity contribution in [2.75, 3.05) is 66.7 Å².